The van der Waals surface area contributed by atoms with Gasteiger partial charge in [-0.3, -0.25) is 0 Å². The molecule has 1 atom stereocenters. The number of rotatable bonds is 9. The molecular weight excluding hydrogens is 306 g/mol. The van der Waals surface area contributed by atoms with Gasteiger partial charge in [0.15, 0.2) is 0 Å². The monoisotopic (exact) mass is 339 g/mol. The standard InChI is InChI=1S/C23H33NO/c1-3-5-6-7-8-17-25-23(4-2)22-15-13-21(14-16-22)20-11-9-19(18-24)10-12-20/h8-12,17,21-23H,3-7,13-16H2,1-2H3. The lowest BCUT2D eigenvalue weighted by atomic mass is 9.76. The molecule has 0 amide bonds. The average molecular weight is 340 g/mol. The number of unbranched alkanes of at least 4 members (excludes halogenated alkanes) is 3. The predicted octanol–water partition coefficient (Wildman–Crippen LogP) is 6.72. The summed E-state index contributed by atoms with van der Waals surface area (Å²) in [4.78, 5) is 0. The minimum atomic E-state index is 0.365. The summed E-state index contributed by atoms with van der Waals surface area (Å²) >= 11 is 0. The highest BCUT2D eigenvalue weighted by atomic mass is 16.5. The van der Waals surface area contributed by atoms with Gasteiger partial charge in [0.2, 0.25) is 0 Å². The van der Waals surface area contributed by atoms with Crippen molar-refractivity contribution in [1.29, 1.82) is 5.26 Å². The molecule has 0 bridgehead atoms. The van der Waals surface area contributed by atoms with Gasteiger partial charge in [0.05, 0.1) is 17.9 Å². The number of ether oxygens (including phenoxy) is 1. The molecule has 1 aliphatic carbocycles. The highest BCUT2D eigenvalue weighted by molar-refractivity contribution is 5.33. The van der Waals surface area contributed by atoms with Crippen molar-refractivity contribution in [1.82, 2.24) is 0 Å². The molecule has 0 heterocycles. The third-order valence-electron chi connectivity index (χ3n) is 5.54. The first-order chi connectivity index (χ1) is 12.3. The van der Waals surface area contributed by atoms with E-state index in [1.165, 1.54) is 50.5 Å². The van der Waals surface area contributed by atoms with Gasteiger partial charge < -0.3 is 4.74 Å². The molecule has 0 saturated heterocycles. The molecule has 2 heteroatoms. The minimum absolute atomic E-state index is 0.365. The van der Waals surface area contributed by atoms with Gasteiger partial charge in [-0.25, -0.2) is 0 Å². The maximum atomic E-state index is 8.92. The molecule has 0 radical (unpaired) electrons. The van der Waals surface area contributed by atoms with Crippen molar-refractivity contribution in [3.63, 3.8) is 0 Å². The maximum absolute atomic E-state index is 8.92. The van der Waals surface area contributed by atoms with Gasteiger partial charge in [-0.2, -0.15) is 5.26 Å². The van der Waals surface area contributed by atoms with Crippen molar-refractivity contribution >= 4 is 0 Å². The Hall–Kier alpha value is -1.75. The molecule has 1 saturated carbocycles. The molecule has 1 aliphatic rings. The van der Waals surface area contributed by atoms with Crippen molar-refractivity contribution < 1.29 is 4.74 Å². The van der Waals surface area contributed by atoms with Crippen LogP contribution in [0.4, 0.5) is 0 Å². The van der Waals surface area contributed by atoms with Crippen molar-refractivity contribution in [3.8, 4) is 6.07 Å². The van der Waals surface area contributed by atoms with Crippen LogP contribution in [-0.4, -0.2) is 6.10 Å². The normalized spacial score (nSPS) is 21.8. The summed E-state index contributed by atoms with van der Waals surface area (Å²) in [7, 11) is 0. The fourth-order valence-corrected chi connectivity index (χ4v) is 3.93. The Morgan fingerprint density at radius 2 is 1.84 bits per heavy atom. The molecular formula is C23H33NO. The highest BCUT2D eigenvalue weighted by Gasteiger charge is 2.28. The van der Waals surface area contributed by atoms with Gasteiger partial charge in [0, 0.05) is 0 Å². The van der Waals surface area contributed by atoms with Gasteiger partial charge in [-0.15, -0.1) is 0 Å². The van der Waals surface area contributed by atoms with Crippen LogP contribution in [0.2, 0.25) is 0 Å². The van der Waals surface area contributed by atoms with E-state index < -0.39 is 0 Å². The van der Waals surface area contributed by atoms with E-state index in [0.717, 1.165) is 18.4 Å². The highest BCUT2D eigenvalue weighted by Crippen LogP contribution is 2.38. The molecule has 1 fully saturated rings. The quantitative estimate of drug-likeness (QED) is 0.369. The fourth-order valence-electron chi connectivity index (χ4n) is 3.93. The molecule has 2 rings (SSSR count). The van der Waals surface area contributed by atoms with Gasteiger partial charge in [-0.05, 0) is 80.6 Å². The third-order valence-corrected chi connectivity index (χ3v) is 5.54. The summed E-state index contributed by atoms with van der Waals surface area (Å²) in [5.41, 5.74) is 2.14. The van der Waals surface area contributed by atoms with E-state index in [1.807, 2.05) is 18.4 Å². The molecule has 2 nitrogen and oxygen atoms in total. The molecule has 1 unspecified atom stereocenters. The van der Waals surface area contributed by atoms with Crippen molar-refractivity contribution in [2.24, 2.45) is 5.92 Å². The first-order valence-electron chi connectivity index (χ1n) is 10.1. The molecule has 1 aromatic carbocycles. The summed E-state index contributed by atoms with van der Waals surface area (Å²) in [5, 5.41) is 8.92. The Labute approximate surface area is 153 Å². The number of benzene rings is 1. The predicted molar refractivity (Wildman–Crippen MR) is 104 cm³/mol. The maximum Gasteiger partial charge on any atom is 0.100 e. The van der Waals surface area contributed by atoms with Crippen LogP contribution in [0.5, 0.6) is 0 Å². The minimum Gasteiger partial charge on any atom is -0.498 e. The molecule has 0 aliphatic heterocycles. The third kappa shape index (κ3) is 6.24. The van der Waals surface area contributed by atoms with Crippen LogP contribution in [0.25, 0.3) is 0 Å². The largest absolute Gasteiger partial charge is 0.498 e. The molecule has 1 aromatic rings. The molecule has 0 aromatic heterocycles. The second-order valence-corrected chi connectivity index (χ2v) is 7.30. The summed E-state index contributed by atoms with van der Waals surface area (Å²) in [6, 6.07) is 10.4. The lowest BCUT2D eigenvalue weighted by Gasteiger charge is -2.33. The summed E-state index contributed by atoms with van der Waals surface area (Å²) in [5.74, 6) is 1.33. The van der Waals surface area contributed by atoms with Crippen molar-refractivity contribution in [3.05, 3.63) is 47.7 Å². The van der Waals surface area contributed by atoms with E-state index in [4.69, 9.17) is 10.00 Å². The van der Waals surface area contributed by atoms with Gasteiger partial charge >= 0.3 is 0 Å². The summed E-state index contributed by atoms with van der Waals surface area (Å²) in [6.45, 7) is 4.48. The number of nitrogens with zero attached hydrogens (tertiary/aromatic N) is 1. The van der Waals surface area contributed by atoms with Crippen LogP contribution in [-0.2, 0) is 4.74 Å². The number of hydrogen-bond donors (Lipinski definition) is 0. The van der Waals surface area contributed by atoms with E-state index in [0.29, 0.717) is 17.9 Å². The summed E-state index contributed by atoms with van der Waals surface area (Å²) in [6.07, 6.45) is 15.5. The van der Waals surface area contributed by atoms with E-state index in [1.54, 1.807) is 0 Å². The summed E-state index contributed by atoms with van der Waals surface area (Å²) < 4.78 is 6.07. The van der Waals surface area contributed by atoms with Crippen LogP contribution < -0.4 is 0 Å². The van der Waals surface area contributed by atoms with Crippen LogP contribution >= 0.6 is 0 Å². The Balaban J connectivity index is 1.77. The van der Waals surface area contributed by atoms with E-state index in [9.17, 15) is 0 Å². The smallest absolute Gasteiger partial charge is 0.100 e. The molecule has 25 heavy (non-hydrogen) atoms. The Kier molecular flexibility index (Phi) is 8.60. The number of allylic oxidation sites excluding steroid dienone is 1. The van der Waals surface area contributed by atoms with Crippen molar-refractivity contribution in [2.75, 3.05) is 0 Å². The topological polar surface area (TPSA) is 33.0 Å². The first-order valence-corrected chi connectivity index (χ1v) is 10.1. The second-order valence-electron chi connectivity index (χ2n) is 7.30. The lowest BCUT2D eigenvalue weighted by molar-refractivity contribution is 0.0598. The SMILES string of the molecule is CCCCCC=COC(CC)C1CCC(c2ccc(C#N)cc2)CC1. The zero-order chi connectivity index (χ0) is 17.9. The van der Waals surface area contributed by atoms with E-state index in [2.05, 4.69) is 38.1 Å². The first kappa shape index (κ1) is 19.6. The Morgan fingerprint density at radius 1 is 1.12 bits per heavy atom. The van der Waals surface area contributed by atoms with Gasteiger partial charge in [-0.1, -0.05) is 38.8 Å². The zero-order valence-corrected chi connectivity index (χ0v) is 15.9. The number of nitriles is 1. The molecule has 0 spiro atoms. The fraction of sp³-hybridized carbons (Fsp3) is 0.609. The van der Waals surface area contributed by atoms with Crippen LogP contribution in [0.15, 0.2) is 36.6 Å². The molecule has 136 valence electrons. The lowest BCUT2D eigenvalue weighted by Crippen LogP contribution is -2.26. The van der Waals surface area contributed by atoms with Crippen LogP contribution in [0.1, 0.15) is 88.7 Å². The average Bonchev–Trinajstić information content (AvgIpc) is 2.68. The molecule has 0 N–H and O–H groups in total. The second kappa shape index (κ2) is 11.0. The van der Waals surface area contributed by atoms with Gasteiger partial charge in [0.1, 0.15) is 6.10 Å². The van der Waals surface area contributed by atoms with Crippen LogP contribution in [0.3, 0.4) is 0 Å². The van der Waals surface area contributed by atoms with E-state index in [-0.39, 0.29) is 0 Å². The Morgan fingerprint density at radius 3 is 2.44 bits per heavy atom. The zero-order valence-electron chi connectivity index (χ0n) is 15.9. The number of hydrogen-bond acceptors (Lipinski definition) is 2. The van der Waals surface area contributed by atoms with Crippen molar-refractivity contribution in [2.45, 2.75) is 83.7 Å². The van der Waals surface area contributed by atoms with E-state index >= 15 is 0 Å². The Bertz CT molecular complexity index is 546. The van der Waals surface area contributed by atoms with Gasteiger partial charge in [0.25, 0.3) is 0 Å². The van der Waals surface area contributed by atoms with Crippen LogP contribution in [0, 0.1) is 17.2 Å².